The number of carboxylic acid groups (broad SMARTS) is 1. The van der Waals surface area contributed by atoms with Crippen LogP contribution in [0.5, 0.6) is 0 Å². The average Bonchev–Trinajstić information content (AvgIpc) is 2.73. The highest BCUT2D eigenvalue weighted by molar-refractivity contribution is 5.94. The van der Waals surface area contributed by atoms with E-state index in [4.69, 9.17) is 5.11 Å². The molecule has 2 fully saturated rings. The lowest BCUT2D eigenvalue weighted by Gasteiger charge is -2.40. The van der Waals surface area contributed by atoms with Crippen molar-refractivity contribution >= 4 is 12.0 Å². The minimum atomic E-state index is -0.878. The number of fused-ring (bicyclic) bond motifs is 1. The summed E-state index contributed by atoms with van der Waals surface area (Å²) in [6.07, 6.45) is 6.49. The van der Waals surface area contributed by atoms with Crippen LogP contribution in [0.4, 0.5) is 4.79 Å². The van der Waals surface area contributed by atoms with Gasteiger partial charge in [-0.1, -0.05) is 25.3 Å². The van der Waals surface area contributed by atoms with Crippen LogP contribution in [-0.4, -0.2) is 70.6 Å². The second-order valence-corrected chi connectivity index (χ2v) is 8.06. The van der Waals surface area contributed by atoms with E-state index in [0.29, 0.717) is 19.5 Å². The first-order valence-electron chi connectivity index (χ1n) is 10.2. The SMILES string of the molecule is O=C(O)N1CCc2cc(C(=O)N3CCN(C4CCCCC4)CC3)ccc2C1. The van der Waals surface area contributed by atoms with Gasteiger partial charge in [0.2, 0.25) is 0 Å². The summed E-state index contributed by atoms with van der Waals surface area (Å²) in [5, 5.41) is 9.15. The van der Waals surface area contributed by atoms with Crippen molar-refractivity contribution < 1.29 is 14.7 Å². The first-order chi connectivity index (χ1) is 13.1. The molecule has 4 rings (SSSR count). The molecule has 0 radical (unpaired) electrons. The lowest BCUT2D eigenvalue weighted by molar-refractivity contribution is 0.0523. The van der Waals surface area contributed by atoms with Gasteiger partial charge >= 0.3 is 6.09 Å². The second-order valence-electron chi connectivity index (χ2n) is 8.06. The van der Waals surface area contributed by atoms with Crippen molar-refractivity contribution in [3.05, 3.63) is 34.9 Å². The Morgan fingerprint density at radius 2 is 1.63 bits per heavy atom. The Morgan fingerprint density at radius 1 is 0.889 bits per heavy atom. The fraction of sp³-hybridized carbons (Fsp3) is 0.619. The first kappa shape index (κ1) is 18.3. The number of piperazine rings is 1. The van der Waals surface area contributed by atoms with Crippen molar-refractivity contribution in [2.45, 2.75) is 51.1 Å². The van der Waals surface area contributed by atoms with Crippen molar-refractivity contribution in [3.63, 3.8) is 0 Å². The molecule has 0 aromatic heterocycles. The van der Waals surface area contributed by atoms with Gasteiger partial charge in [0.15, 0.2) is 0 Å². The molecule has 3 aliphatic rings. The summed E-state index contributed by atoms with van der Waals surface area (Å²) in [7, 11) is 0. The summed E-state index contributed by atoms with van der Waals surface area (Å²) in [6, 6.07) is 6.48. The Morgan fingerprint density at radius 3 is 2.33 bits per heavy atom. The zero-order valence-electron chi connectivity index (χ0n) is 15.9. The van der Waals surface area contributed by atoms with Gasteiger partial charge in [-0.2, -0.15) is 0 Å². The van der Waals surface area contributed by atoms with Crippen LogP contribution >= 0.6 is 0 Å². The minimum Gasteiger partial charge on any atom is -0.465 e. The maximum atomic E-state index is 12.9. The molecule has 27 heavy (non-hydrogen) atoms. The predicted molar refractivity (Wildman–Crippen MR) is 103 cm³/mol. The molecule has 1 aromatic carbocycles. The van der Waals surface area contributed by atoms with E-state index in [1.54, 1.807) is 0 Å². The van der Waals surface area contributed by atoms with Gasteiger partial charge in [-0.15, -0.1) is 0 Å². The summed E-state index contributed by atoms with van der Waals surface area (Å²) < 4.78 is 0. The zero-order chi connectivity index (χ0) is 18.8. The van der Waals surface area contributed by atoms with Crippen LogP contribution < -0.4 is 0 Å². The van der Waals surface area contributed by atoms with E-state index in [2.05, 4.69) is 4.90 Å². The van der Waals surface area contributed by atoms with Crippen molar-refractivity contribution in [2.75, 3.05) is 32.7 Å². The largest absolute Gasteiger partial charge is 0.465 e. The van der Waals surface area contributed by atoms with Crippen LogP contribution in [0.15, 0.2) is 18.2 Å². The molecule has 1 aromatic rings. The molecular weight excluding hydrogens is 342 g/mol. The van der Waals surface area contributed by atoms with E-state index < -0.39 is 6.09 Å². The molecule has 1 N–H and O–H groups in total. The maximum absolute atomic E-state index is 12.9. The minimum absolute atomic E-state index is 0.113. The van der Waals surface area contributed by atoms with Crippen molar-refractivity contribution in [3.8, 4) is 0 Å². The number of carbonyl (C=O) groups is 2. The topological polar surface area (TPSA) is 64.1 Å². The van der Waals surface area contributed by atoms with E-state index in [9.17, 15) is 9.59 Å². The normalized spacial score (nSPS) is 21.8. The van der Waals surface area contributed by atoms with Crippen LogP contribution in [-0.2, 0) is 13.0 Å². The van der Waals surface area contributed by atoms with Crippen molar-refractivity contribution in [2.24, 2.45) is 0 Å². The molecule has 2 amide bonds. The van der Waals surface area contributed by atoms with E-state index in [1.165, 1.54) is 37.0 Å². The molecule has 0 spiro atoms. The lowest BCUT2D eigenvalue weighted by atomic mass is 9.93. The molecule has 2 heterocycles. The van der Waals surface area contributed by atoms with E-state index in [0.717, 1.165) is 48.9 Å². The smallest absolute Gasteiger partial charge is 0.407 e. The quantitative estimate of drug-likeness (QED) is 0.868. The molecule has 6 heteroatoms. The Labute approximate surface area is 160 Å². The van der Waals surface area contributed by atoms with Crippen LogP contribution in [0.3, 0.4) is 0 Å². The molecule has 146 valence electrons. The highest BCUT2D eigenvalue weighted by atomic mass is 16.4. The fourth-order valence-electron chi connectivity index (χ4n) is 4.77. The van der Waals surface area contributed by atoms with Gasteiger partial charge in [0.1, 0.15) is 0 Å². The zero-order valence-corrected chi connectivity index (χ0v) is 15.9. The second kappa shape index (κ2) is 7.89. The Hall–Kier alpha value is -2.08. The molecule has 0 bridgehead atoms. The highest BCUT2D eigenvalue weighted by Gasteiger charge is 2.28. The molecule has 0 unspecified atom stereocenters. The molecule has 2 aliphatic heterocycles. The van der Waals surface area contributed by atoms with Gasteiger partial charge in [0.25, 0.3) is 5.91 Å². The molecule has 0 atom stereocenters. The summed E-state index contributed by atoms with van der Waals surface area (Å²) in [5.74, 6) is 0.113. The number of hydrogen-bond donors (Lipinski definition) is 1. The van der Waals surface area contributed by atoms with Gasteiger partial charge in [-0.05, 0) is 42.5 Å². The summed E-state index contributed by atoms with van der Waals surface area (Å²) in [5.41, 5.74) is 2.87. The highest BCUT2D eigenvalue weighted by Crippen LogP contribution is 2.25. The van der Waals surface area contributed by atoms with Crippen molar-refractivity contribution in [1.29, 1.82) is 0 Å². The van der Waals surface area contributed by atoms with E-state index >= 15 is 0 Å². The molecule has 1 aliphatic carbocycles. The van der Waals surface area contributed by atoms with Gasteiger partial charge < -0.3 is 14.9 Å². The number of carbonyl (C=O) groups excluding carboxylic acids is 1. The molecule has 1 saturated carbocycles. The summed E-state index contributed by atoms with van der Waals surface area (Å²) in [4.78, 5) is 30.1. The third-order valence-electron chi connectivity index (χ3n) is 6.43. The average molecular weight is 371 g/mol. The Bertz CT molecular complexity index is 707. The standard InChI is InChI=1S/C21H29N3O3/c25-20(23-12-10-22(11-13-23)19-4-2-1-3-5-19)17-6-7-18-15-24(21(26)27)9-8-16(18)14-17/h6-7,14,19H,1-5,8-13,15H2,(H,26,27). The van der Waals surface area contributed by atoms with Gasteiger partial charge in [0, 0.05) is 50.9 Å². The fourth-order valence-corrected chi connectivity index (χ4v) is 4.77. The van der Waals surface area contributed by atoms with Crippen LogP contribution in [0, 0.1) is 0 Å². The Kier molecular flexibility index (Phi) is 5.34. The number of hydrogen-bond acceptors (Lipinski definition) is 3. The van der Waals surface area contributed by atoms with E-state index in [1.807, 2.05) is 23.1 Å². The third-order valence-corrected chi connectivity index (χ3v) is 6.43. The maximum Gasteiger partial charge on any atom is 0.407 e. The molecule has 1 saturated heterocycles. The van der Waals surface area contributed by atoms with Gasteiger partial charge in [-0.3, -0.25) is 9.69 Å². The number of benzene rings is 1. The van der Waals surface area contributed by atoms with Crippen molar-refractivity contribution in [1.82, 2.24) is 14.7 Å². The summed E-state index contributed by atoms with van der Waals surface area (Å²) in [6.45, 7) is 4.49. The lowest BCUT2D eigenvalue weighted by Crippen LogP contribution is -2.52. The van der Waals surface area contributed by atoms with Gasteiger partial charge in [0.05, 0.1) is 0 Å². The van der Waals surface area contributed by atoms with Crippen LogP contribution in [0.1, 0.15) is 53.6 Å². The van der Waals surface area contributed by atoms with E-state index in [-0.39, 0.29) is 5.91 Å². The first-order valence-corrected chi connectivity index (χ1v) is 10.2. The number of amides is 2. The summed E-state index contributed by atoms with van der Waals surface area (Å²) >= 11 is 0. The molecular formula is C21H29N3O3. The predicted octanol–water partition coefficient (Wildman–Crippen LogP) is 2.81. The molecule has 6 nitrogen and oxygen atoms in total. The van der Waals surface area contributed by atoms with Crippen LogP contribution in [0.25, 0.3) is 0 Å². The monoisotopic (exact) mass is 371 g/mol. The third kappa shape index (κ3) is 3.95. The number of rotatable bonds is 2. The van der Waals surface area contributed by atoms with Gasteiger partial charge in [-0.25, -0.2) is 4.79 Å². The van der Waals surface area contributed by atoms with Crippen LogP contribution in [0.2, 0.25) is 0 Å². The number of nitrogens with zero attached hydrogens (tertiary/aromatic N) is 3. The Balaban J connectivity index is 1.37.